The topological polar surface area (TPSA) is 55.4 Å². The summed E-state index contributed by atoms with van der Waals surface area (Å²) < 4.78 is 18.5. The zero-order valence-electron chi connectivity index (χ0n) is 19.2. The Kier molecular flexibility index (Phi) is 6.11. The molecule has 2 aromatic carbocycles. The molecule has 1 saturated carbocycles. The van der Waals surface area contributed by atoms with Crippen LogP contribution >= 0.6 is 0 Å². The Morgan fingerprint density at radius 1 is 1.12 bits per heavy atom. The summed E-state index contributed by atoms with van der Waals surface area (Å²) in [5.74, 6) is 0.330. The van der Waals surface area contributed by atoms with E-state index in [0.29, 0.717) is 18.7 Å². The largest absolute Gasteiger partial charge is 0.427 e. The van der Waals surface area contributed by atoms with Crippen molar-refractivity contribution in [3.63, 3.8) is 0 Å². The standard InChI is InChI=1S/C27H32FNO3/c1-18(30)32-22-11-7-20-8-12-24-26(2,23(20)17-22)14-4-15-27(24,3)25(31)29-16-13-19-5-9-21(28)10-6-19/h5-7,9-11,17,24H,4,8,12-16H2,1-3H3,(H,29,31)/t24-,26-,27-/m1/s1. The molecule has 0 aromatic heterocycles. The molecule has 4 rings (SSSR count). The lowest BCUT2D eigenvalue weighted by Crippen LogP contribution is -2.55. The maximum atomic E-state index is 13.4. The van der Waals surface area contributed by atoms with Crippen LogP contribution in [0, 0.1) is 17.2 Å². The van der Waals surface area contributed by atoms with Crippen molar-refractivity contribution in [1.82, 2.24) is 5.32 Å². The number of halogens is 1. The summed E-state index contributed by atoms with van der Waals surface area (Å²) in [5, 5.41) is 3.17. The maximum absolute atomic E-state index is 13.4. The van der Waals surface area contributed by atoms with Crippen molar-refractivity contribution in [2.24, 2.45) is 11.3 Å². The smallest absolute Gasteiger partial charge is 0.308 e. The van der Waals surface area contributed by atoms with Crippen molar-refractivity contribution in [1.29, 1.82) is 0 Å². The van der Waals surface area contributed by atoms with E-state index in [1.165, 1.54) is 30.2 Å². The first-order valence-corrected chi connectivity index (χ1v) is 11.6. The fourth-order valence-electron chi connectivity index (χ4n) is 6.11. The van der Waals surface area contributed by atoms with Gasteiger partial charge in [0.15, 0.2) is 0 Å². The van der Waals surface area contributed by atoms with Crippen LogP contribution in [0.4, 0.5) is 4.39 Å². The lowest BCUT2D eigenvalue weighted by atomic mass is 9.49. The van der Waals surface area contributed by atoms with Gasteiger partial charge in [-0.05, 0) is 84.4 Å². The summed E-state index contributed by atoms with van der Waals surface area (Å²) in [5.41, 5.74) is 2.93. The average molecular weight is 438 g/mol. The van der Waals surface area contributed by atoms with E-state index in [4.69, 9.17) is 4.74 Å². The number of aryl methyl sites for hydroxylation is 1. The number of ether oxygens (including phenoxy) is 1. The number of hydrogen-bond acceptors (Lipinski definition) is 3. The molecule has 32 heavy (non-hydrogen) atoms. The number of benzene rings is 2. The van der Waals surface area contributed by atoms with Gasteiger partial charge in [0, 0.05) is 13.5 Å². The molecule has 1 amide bonds. The van der Waals surface area contributed by atoms with Crippen LogP contribution in [0.3, 0.4) is 0 Å². The highest BCUT2D eigenvalue weighted by Gasteiger charge is 2.54. The van der Waals surface area contributed by atoms with Crippen LogP contribution in [0.1, 0.15) is 63.1 Å². The van der Waals surface area contributed by atoms with Crippen molar-refractivity contribution in [2.75, 3.05) is 6.54 Å². The van der Waals surface area contributed by atoms with E-state index in [9.17, 15) is 14.0 Å². The van der Waals surface area contributed by atoms with E-state index in [1.54, 1.807) is 12.1 Å². The number of carbonyl (C=O) groups excluding carboxylic acids is 2. The molecular weight excluding hydrogens is 405 g/mol. The Bertz CT molecular complexity index is 1020. The van der Waals surface area contributed by atoms with Crippen LogP contribution in [-0.2, 0) is 27.8 Å². The van der Waals surface area contributed by atoms with Crippen molar-refractivity contribution in [3.05, 3.63) is 65.0 Å². The van der Waals surface area contributed by atoms with Crippen LogP contribution in [0.5, 0.6) is 5.75 Å². The van der Waals surface area contributed by atoms with Gasteiger partial charge in [-0.2, -0.15) is 0 Å². The maximum Gasteiger partial charge on any atom is 0.308 e. The monoisotopic (exact) mass is 437 g/mol. The number of esters is 1. The molecule has 1 N–H and O–H groups in total. The predicted molar refractivity (Wildman–Crippen MR) is 122 cm³/mol. The molecule has 1 fully saturated rings. The normalized spacial score (nSPS) is 26.6. The lowest BCUT2D eigenvalue weighted by molar-refractivity contribution is -0.138. The highest BCUT2D eigenvalue weighted by molar-refractivity contribution is 5.83. The third kappa shape index (κ3) is 4.17. The van der Waals surface area contributed by atoms with E-state index >= 15 is 0 Å². The van der Waals surface area contributed by atoms with Gasteiger partial charge in [-0.1, -0.05) is 38.5 Å². The van der Waals surface area contributed by atoms with E-state index in [-0.39, 0.29) is 29.0 Å². The number of amides is 1. The third-order valence-corrected chi connectivity index (χ3v) is 7.72. The second kappa shape index (κ2) is 8.68. The molecule has 2 aliphatic rings. The molecule has 0 unspecified atom stereocenters. The number of rotatable bonds is 5. The molecule has 5 heteroatoms. The minimum atomic E-state index is -0.453. The van der Waals surface area contributed by atoms with Gasteiger partial charge in [-0.15, -0.1) is 0 Å². The first kappa shape index (κ1) is 22.5. The van der Waals surface area contributed by atoms with Gasteiger partial charge in [0.05, 0.1) is 5.41 Å². The number of fused-ring (bicyclic) bond motifs is 3. The highest BCUT2D eigenvalue weighted by atomic mass is 19.1. The Morgan fingerprint density at radius 2 is 1.88 bits per heavy atom. The van der Waals surface area contributed by atoms with Crippen molar-refractivity contribution >= 4 is 11.9 Å². The fourth-order valence-corrected chi connectivity index (χ4v) is 6.11. The molecule has 170 valence electrons. The second-order valence-corrected chi connectivity index (χ2v) is 9.82. The lowest BCUT2D eigenvalue weighted by Gasteiger charge is -2.54. The molecule has 0 aliphatic heterocycles. The van der Waals surface area contributed by atoms with Gasteiger partial charge in [-0.3, -0.25) is 9.59 Å². The molecule has 0 spiro atoms. The van der Waals surface area contributed by atoms with Gasteiger partial charge in [0.1, 0.15) is 11.6 Å². The van der Waals surface area contributed by atoms with Gasteiger partial charge in [-0.25, -0.2) is 4.39 Å². The van der Waals surface area contributed by atoms with Crippen molar-refractivity contribution in [2.45, 2.75) is 64.7 Å². The Morgan fingerprint density at radius 3 is 2.59 bits per heavy atom. The third-order valence-electron chi connectivity index (χ3n) is 7.72. The SMILES string of the molecule is CC(=O)Oc1ccc2c(c1)[C@@]1(C)CCC[C@@](C)(C(=O)NCCc3ccc(F)cc3)[C@@H]1CC2. The molecular formula is C27H32FNO3. The summed E-state index contributed by atoms with van der Waals surface area (Å²) in [6.45, 7) is 6.34. The van der Waals surface area contributed by atoms with Crippen LogP contribution in [0.2, 0.25) is 0 Å². The molecule has 2 aromatic rings. The van der Waals surface area contributed by atoms with E-state index in [1.807, 2.05) is 12.1 Å². The predicted octanol–water partition coefficient (Wildman–Crippen LogP) is 5.12. The van der Waals surface area contributed by atoms with Crippen LogP contribution in [0.15, 0.2) is 42.5 Å². The summed E-state index contributed by atoms with van der Waals surface area (Å²) in [7, 11) is 0. The van der Waals surface area contributed by atoms with E-state index < -0.39 is 5.41 Å². The molecule has 2 aliphatic carbocycles. The molecule has 0 radical (unpaired) electrons. The van der Waals surface area contributed by atoms with Crippen molar-refractivity contribution in [3.8, 4) is 5.75 Å². The van der Waals surface area contributed by atoms with Crippen LogP contribution < -0.4 is 10.1 Å². The van der Waals surface area contributed by atoms with Crippen LogP contribution in [-0.4, -0.2) is 18.4 Å². The zero-order valence-corrected chi connectivity index (χ0v) is 19.2. The Balaban J connectivity index is 1.52. The average Bonchev–Trinajstić information content (AvgIpc) is 2.75. The zero-order chi connectivity index (χ0) is 22.9. The second-order valence-electron chi connectivity index (χ2n) is 9.82. The summed E-state index contributed by atoms with van der Waals surface area (Å²) in [6, 6.07) is 12.4. The quantitative estimate of drug-likeness (QED) is 0.522. The number of hydrogen-bond donors (Lipinski definition) is 1. The van der Waals surface area contributed by atoms with Crippen LogP contribution in [0.25, 0.3) is 0 Å². The highest BCUT2D eigenvalue weighted by Crippen LogP contribution is 2.57. The minimum absolute atomic E-state index is 0.107. The summed E-state index contributed by atoms with van der Waals surface area (Å²) >= 11 is 0. The van der Waals surface area contributed by atoms with Crippen molar-refractivity contribution < 1.29 is 18.7 Å². The van der Waals surface area contributed by atoms with Gasteiger partial charge < -0.3 is 10.1 Å². The van der Waals surface area contributed by atoms with Gasteiger partial charge in [0.2, 0.25) is 5.91 Å². The van der Waals surface area contributed by atoms with Gasteiger partial charge >= 0.3 is 5.97 Å². The molecule has 4 nitrogen and oxygen atoms in total. The fraction of sp³-hybridized carbons (Fsp3) is 0.481. The first-order valence-electron chi connectivity index (χ1n) is 11.6. The number of carbonyl (C=O) groups is 2. The Labute approximate surface area is 189 Å². The van der Waals surface area contributed by atoms with E-state index in [2.05, 4.69) is 25.2 Å². The molecule has 0 bridgehead atoms. The first-order chi connectivity index (χ1) is 15.2. The minimum Gasteiger partial charge on any atom is -0.427 e. The molecule has 3 atom stereocenters. The van der Waals surface area contributed by atoms with E-state index in [0.717, 1.165) is 37.7 Å². The summed E-state index contributed by atoms with van der Waals surface area (Å²) in [6.07, 6.45) is 5.44. The molecule has 0 saturated heterocycles. The summed E-state index contributed by atoms with van der Waals surface area (Å²) in [4.78, 5) is 24.9. The van der Waals surface area contributed by atoms with Gasteiger partial charge in [0.25, 0.3) is 0 Å². The molecule has 0 heterocycles. The number of nitrogens with one attached hydrogen (secondary N) is 1. The Hall–Kier alpha value is -2.69.